The highest BCUT2D eigenvalue weighted by molar-refractivity contribution is 5.79. The Morgan fingerprint density at radius 2 is 2.18 bits per heavy atom. The first-order valence-electron chi connectivity index (χ1n) is 6.17. The van der Waals surface area contributed by atoms with Gasteiger partial charge in [0, 0.05) is 19.6 Å². The summed E-state index contributed by atoms with van der Waals surface area (Å²) in [6.45, 7) is 6.28. The molecule has 0 spiro atoms. The van der Waals surface area contributed by atoms with Gasteiger partial charge in [-0.2, -0.15) is 0 Å². The largest absolute Gasteiger partial charge is 0.387 e. The predicted octanol–water partition coefficient (Wildman–Crippen LogP) is -0.729. The zero-order chi connectivity index (χ0) is 13.1. The molecule has 0 radical (unpaired) electrons. The second kappa shape index (κ2) is 5.80. The van der Waals surface area contributed by atoms with E-state index in [1.807, 2.05) is 19.0 Å². The SMILES string of the molecule is CC1CNCC1C(=O)NCC(C)(O)CN(C)C. The van der Waals surface area contributed by atoms with Crippen LogP contribution in [0.5, 0.6) is 0 Å². The highest BCUT2D eigenvalue weighted by Crippen LogP contribution is 2.16. The molecule has 0 saturated carbocycles. The Kier molecular flexibility index (Phi) is 4.91. The maximum absolute atomic E-state index is 11.9. The van der Waals surface area contributed by atoms with Gasteiger partial charge in [0.15, 0.2) is 0 Å². The van der Waals surface area contributed by atoms with Crippen LogP contribution in [0, 0.1) is 11.8 Å². The van der Waals surface area contributed by atoms with Crippen molar-refractivity contribution < 1.29 is 9.90 Å². The highest BCUT2D eigenvalue weighted by Gasteiger charge is 2.31. The molecule has 1 saturated heterocycles. The summed E-state index contributed by atoms with van der Waals surface area (Å²) in [5.74, 6) is 0.445. The number of rotatable bonds is 5. The summed E-state index contributed by atoms with van der Waals surface area (Å²) >= 11 is 0. The van der Waals surface area contributed by atoms with E-state index in [-0.39, 0.29) is 11.8 Å². The smallest absolute Gasteiger partial charge is 0.224 e. The Hall–Kier alpha value is -0.650. The minimum Gasteiger partial charge on any atom is -0.387 e. The maximum atomic E-state index is 11.9. The average Bonchev–Trinajstić information content (AvgIpc) is 2.59. The number of carbonyl (C=O) groups excluding carboxylic acids is 1. The second-order valence-corrected chi connectivity index (χ2v) is 5.69. The molecule has 100 valence electrons. The molecule has 17 heavy (non-hydrogen) atoms. The molecule has 1 aliphatic heterocycles. The van der Waals surface area contributed by atoms with Crippen LogP contribution in [-0.2, 0) is 4.79 Å². The summed E-state index contributed by atoms with van der Waals surface area (Å²) < 4.78 is 0. The number of hydrogen-bond acceptors (Lipinski definition) is 4. The van der Waals surface area contributed by atoms with Crippen molar-refractivity contribution in [3.05, 3.63) is 0 Å². The van der Waals surface area contributed by atoms with E-state index in [0.29, 0.717) is 19.0 Å². The molecule has 0 aliphatic carbocycles. The zero-order valence-electron chi connectivity index (χ0n) is 11.3. The molecular weight excluding hydrogens is 218 g/mol. The van der Waals surface area contributed by atoms with Crippen molar-refractivity contribution in [1.82, 2.24) is 15.5 Å². The summed E-state index contributed by atoms with van der Waals surface area (Å²) in [5.41, 5.74) is -0.881. The molecular formula is C12H25N3O2. The van der Waals surface area contributed by atoms with E-state index < -0.39 is 5.60 Å². The summed E-state index contributed by atoms with van der Waals surface area (Å²) in [7, 11) is 3.80. The molecule has 0 aromatic carbocycles. The zero-order valence-corrected chi connectivity index (χ0v) is 11.3. The van der Waals surface area contributed by atoms with Gasteiger partial charge in [-0.05, 0) is 33.5 Å². The van der Waals surface area contributed by atoms with E-state index in [1.54, 1.807) is 6.92 Å². The fourth-order valence-corrected chi connectivity index (χ4v) is 2.31. The van der Waals surface area contributed by atoms with Gasteiger partial charge < -0.3 is 20.6 Å². The minimum atomic E-state index is -0.881. The third kappa shape index (κ3) is 4.61. The minimum absolute atomic E-state index is 0.0326. The maximum Gasteiger partial charge on any atom is 0.224 e. The van der Waals surface area contributed by atoms with Crippen molar-refractivity contribution in [3.8, 4) is 0 Å². The van der Waals surface area contributed by atoms with E-state index in [4.69, 9.17) is 0 Å². The van der Waals surface area contributed by atoms with Crippen LogP contribution in [0.2, 0.25) is 0 Å². The highest BCUT2D eigenvalue weighted by atomic mass is 16.3. The molecule has 5 nitrogen and oxygen atoms in total. The average molecular weight is 243 g/mol. The normalized spacial score (nSPS) is 28.1. The van der Waals surface area contributed by atoms with Crippen LogP contribution < -0.4 is 10.6 Å². The summed E-state index contributed by atoms with van der Waals surface area (Å²) in [6, 6.07) is 0. The fourth-order valence-electron chi connectivity index (χ4n) is 2.31. The van der Waals surface area contributed by atoms with Crippen molar-refractivity contribution >= 4 is 5.91 Å². The topological polar surface area (TPSA) is 64.6 Å². The standard InChI is InChI=1S/C12H25N3O2/c1-9-5-13-6-10(9)11(16)14-7-12(2,17)8-15(3)4/h9-10,13,17H,5-8H2,1-4H3,(H,14,16). The van der Waals surface area contributed by atoms with E-state index in [9.17, 15) is 9.90 Å². The Labute approximate surface area is 104 Å². The first-order chi connectivity index (χ1) is 7.82. The summed E-state index contributed by atoms with van der Waals surface area (Å²) in [5, 5.41) is 16.1. The van der Waals surface area contributed by atoms with Gasteiger partial charge in [0.2, 0.25) is 5.91 Å². The van der Waals surface area contributed by atoms with Crippen molar-refractivity contribution in [2.24, 2.45) is 11.8 Å². The van der Waals surface area contributed by atoms with Gasteiger partial charge >= 0.3 is 0 Å². The Balaban J connectivity index is 2.37. The molecule has 3 unspecified atom stereocenters. The monoisotopic (exact) mass is 243 g/mol. The number of likely N-dealkylation sites (N-methyl/N-ethyl adjacent to an activating group) is 1. The molecule has 0 aromatic rings. The summed E-state index contributed by atoms with van der Waals surface area (Å²) in [4.78, 5) is 13.8. The van der Waals surface area contributed by atoms with Crippen molar-refractivity contribution in [2.45, 2.75) is 19.4 Å². The number of hydrogen-bond donors (Lipinski definition) is 3. The first-order valence-corrected chi connectivity index (χ1v) is 6.17. The number of aliphatic hydroxyl groups is 1. The fraction of sp³-hybridized carbons (Fsp3) is 0.917. The second-order valence-electron chi connectivity index (χ2n) is 5.69. The lowest BCUT2D eigenvalue weighted by molar-refractivity contribution is -0.126. The van der Waals surface area contributed by atoms with Crippen molar-refractivity contribution in [3.63, 3.8) is 0 Å². The number of amides is 1. The molecule has 5 heteroatoms. The molecule has 0 bridgehead atoms. The lowest BCUT2D eigenvalue weighted by Gasteiger charge is -2.28. The van der Waals surface area contributed by atoms with Gasteiger partial charge in [0.25, 0.3) is 0 Å². The van der Waals surface area contributed by atoms with Gasteiger partial charge in [-0.1, -0.05) is 6.92 Å². The van der Waals surface area contributed by atoms with Gasteiger partial charge in [-0.15, -0.1) is 0 Å². The lowest BCUT2D eigenvalue weighted by atomic mass is 9.97. The van der Waals surface area contributed by atoms with Crippen molar-refractivity contribution in [2.75, 3.05) is 40.3 Å². The molecule has 1 heterocycles. The van der Waals surface area contributed by atoms with Crippen LogP contribution in [0.3, 0.4) is 0 Å². The number of nitrogens with zero attached hydrogens (tertiary/aromatic N) is 1. The molecule has 1 aliphatic rings. The third-order valence-corrected chi connectivity index (χ3v) is 3.15. The lowest BCUT2D eigenvalue weighted by Crippen LogP contribution is -2.48. The van der Waals surface area contributed by atoms with Crippen molar-refractivity contribution in [1.29, 1.82) is 0 Å². The van der Waals surface area contributed by atoms with Gasteiger partial charge in [0.05, 0.1) is 11.5 Å². The molecule has 3 N–H and O–H groups in total. The van der Waals surface area contributed by atoms with E-state index in [0.717, 1.165) is 13.1 Å². The number of carbonyl (C=O) groups is 1. The molecule has 1 fully saturated rings. The number of nitrogens with one attached hydrogen (secondary N) is 2. The molecule has 3 atom stereocenters. The van der Waals surface area contributed by atoms with Crippen LogP contribution in [-0.4, -0.2) is 61.8 Å². The van der Waals surface area contributed by atoms with Crippen LogP contribution in [0.4, 0.5) is 0 Å². The molecule has 1 rings (SSSR count). The summed E-state index contributed by atoms with van der Waals surface area (Å²) in [6.07, 6.45) is 0. The van der Waals surface area contributed by atoms with E-state index in [2.05, 4.69) is 17.6 Å². The van der Waals surface area contributed by atoms with Gasteiger partial charge in [-0.25, -0.2) is 0 Å². The van der Waals surface area contributed by atoms with Crippen LogP contribution in [0.15, 0.2) is 0 Å². The molecule has 0 aromatic heterocycles. The Bertz CT molecular complexity index is 266. The van der Waals surface area contributed by atoms with Crippen LogP contribution in [0.25, 0.3) is 0 Å². The van der Waals surface area contributed by atoms with E-state index in [1.165, 1.54) is 0 Å². The van der Waals surface area contributed by atoms with Crippen LogP contribution in [0.1, 0.15) is 13.8 Å². The quantitative estimate of drug-likeness (QED) is 0.596. The third-order valence-electron chi connectivity index (χ3n) is 3.15. The van der Waals surface area contributed by atoms with Gasteiger partial charge in [0.1, 0.15) is 0 Å². The Morgan fingerprint density at radius 1 is 1.53 bits per heavy atom. The van der Waals surface area contributed by atoms with Crippen LogP contribution >= 0.6 is 0 Å². The first kappa shape index (κ1) is 14.4. The Morgan fingerprint density at radius 3 is 2.65 bits per heavy atom. The van der Waals surface area contributed by atoms with Gasteiger partial charge in [-0.3, -0.25) is 4.79 Å². The van der Waals surface area contributed by atoms with E-state index >= 15 is 0 Å². The predicted molar refractivity (Wildman–Crippen MR) is 67.7 cm³/mol. The molecule has 1 amide bonds.